The van der Waals surface area contributed by atoms with E-state index in [1.54, 1.807) is 11.0 Å². The van der Waals surface area contributed by atoms with Crippen LogP contribution in [0.1, 0.15) is 43.9 Å². The normalized spacial score (nSPS) is 12.5. The molecule has 32 heavy (non-hydrogen) atoms. The van der Waals surface area contributed by atoms with Crippen molar-refractivity contribution in [2.24, 2.45) is 0 Å². The molecule has 5 rings (SSSR count). The number of amides is 1. The van der Waals surface area contributed by atoms with Gasteiger partial charge < -0.3 is 4.74 Å². The summed E-state index contributed by atoms with van der Waals surface area (Å²) in [5.74, 6) is 0.963. The Balaban J connectivity index is 1.17. The number of aryl methyl sites for hydroxylation is 3. The lowest BCUT2D eigenvalue weighted by molar-refractivity contribution is 0.102. The second-order valence-electron chi connectivity index (χ2n) is 8.10. The highest BCUT2D eigenvalue weighted by atomic mass is 32.1. The van der Waals surface area contributed by atoms with Crippen LogP contribution in [0.15, 0.2) is 60.2 Å². The fraction of sp³-hybridized carbons (Fsp3) is 0.240. The molecule has 0 atom stereocenters. The number of nitrogens with one attached hydrogen (secondary N) is 1. The van der Waals surface area contributed by atoms with Gasteiger partial charge in [-0.3, -0.25) is 10.1 Å². The molecule has 0 saturated heterocycles. The molecular weight excluding hydrogens is 420 g/mol. The maximum absolute atomic E-state index is 12.6. The average Bonchev–Trinajstić information content (AvgIpc) is 3.53. The smallest absolute Gasteiger partial charge is 0.268 e. The topological polar surface area (TPSA) is 69.0 Å². The summed E-state index contributed by atoms with van der Waals surface area (Å²) in [4.78, 5) is 17.4. The number of carbonyl (C=O) groups is 1. The van der Waals surface area contributed by atoms with E-state index in [0.29, 0.717) is 24.0 Å². The van der Waals surface area contributed by atoms with Crippen molar-refractivity contribution in [1.82, 2.24) is 14.8 Å². The summed E-state index contributed by atoms with van der Waals surface area (Å²) in [6.07, 6.45) is 5.14. The van der Waals surface area contributed by atoms with E-state index < -0.39 is 0 Å². The highest BCUT2D eigenvalue weighted by Crippen LogP contribution is 2.27. The molecule has 0 radical (unpaired) electrons. The zero-order valence-corrected chi connectivity index (χ0v) is 18.7. The lowest BCUT2D eigenvalue weighted by Crippen LogP contribution is -2.12. The molecule has 162 valence electrons. The molecule has 0 spiro atoms. The Hall–Kier alpha value is -3.45. The van der Waals surface area contributed by atoms with Gasteiger partial charge in [0.2, 0.25) is 5.95 Å². The van der Waals surface area contributed by atoms with Crippen LogP contribution >= 0.6 is 11.3 Å². The first-order valence-corrected chi connectivity index (χ1v) is 11.6. The van der Waals surface area contributed by atoms with Gasteiger partial charge in [-0.05, 0) is 66.5 Å². The molecule has 0 aliphatic heterocycles. The molecule has 0 bridgehead atoms. The molecule has 0 saturated carbocycles. The van der Waals surface area contributed by atoms with Crippen molar-refractivity contribution in [2.45, 2.75) is 39.3 Å². The zero-order chi connectivity index (χ0) is 21.9. The van der Waals surface area contributed by atoms with E-state index >= 15 is 0 Å². The van der Waals surface area contributed by atoms with Crippen molar-refractivity contribution in [3.63, 3.8) is 0 Å². The van der Waals surface area contributed by atoms with Gasteiger partial charge in [-0.2, -0.15) is 0 Å². The summed E-state index contributed by atoms with van der Waals surface area (Å²) in [5.41, 5.74) is 6.13. The van der Waals surface area contributed by atoms with Gasteiger partial charge in [0, 0.05) is 5.56 Å². The van der Waals surface area contributed by atoms with E-state index in [2.05, 4.69) is 46.6 Å². The molecule has 1 aliphatic carbocycles. The number of carbonyl (C=O) groups excluding carboxylic acids is 1. The molecule has 4 aromatic rings. The van der Waals surface area contributed by atoms with Crippen LogP contribution < -0.4 is 10.1 Å². The van der Waals surface area contributed by atoms with Crippen LogP contribution in [0.5, 0.6) is 5.75 Å². The summed E-state index contributed by atoms with van der Waals surface area (Å²) in [5, 5.41) is 9.09. The maximum Gasteiger partial charge on any atom is 0.268 e. The second kappa shape index (κ2) is 8.96. The zero-order valence-electron chi connectivity index (χ0n) is 17.9. The maximum atomic E-state index is 12.6. The summed E-state index contributed by atoms with van der Waals surface area (Å²) in [6, 6.07) is 16.4. The molecular formula is C25H24N4O2S. The predicted molar refractivity (Wildman–Crippen MR) is 125 cm³/mol. The number of hydrogen-bond donors (Lipinski definition) is 1. The van der Waals surface area contributed by atoms with Crippen molar-refractivity contribution < 1.29 is 9.53 Å². The van der Waals surface area contributed by atoms with Crippen LogP contribution in [-0.4, -0.2) is 20.7 Å². The summed E-state index contributed by atoms with van der Waals surface area (Å²) >= 11 is 1.39. The molecule has 2 heterocycles. The Morgan fingerprint density at radius 1 is 1.12 bits per heavy atom. The van der Waals surface area contributed by atoms with Crippen molar-refractivity contribution >= 4 is 23.2 Å². The third kappa shape index (κ3) is 4.73. The minimum atomic E-state index is -0.216. The number of aromatic nitrogens is 3. The molecule has 2 aromatic heterocycles. The SMILES string of the molecule is Cc1cccc(Cn2cnc(NC(=O)c3cc(COc4ccc5c(c4)CCC5)cs3)n2)c1. The lowest BCUT2D eigenvalue weighted by atomic mass is 10.1. The number of benzene rings is 2. The number of hydrogen-bond acceptors (Lipinski definition) is 5. The van der Waals surface area contributed by atoms with Gasteiger partial charge in [-0.15, -0.1) is 16.4 Å². The van der Waals surface area contributed by atoms with Gasteiger partial charge in [-0.25, -0.2) is 9.67 Å². The number of fused-ring (bicyclic) bond motifs is 1. The summed E-state index contributed by atoms with van der Waals surface area (Å²) in [7, 11) is 0. The highest BCUT2D eigenvalue weighted by Gasteiger charge is 2.14. The Bertz CT molecular complexity index is 1260. The molecule has 6 nitrogen and oxygen atoms in total. The van der Waals surface area contributed by atoms with E-state index in [1.807, 2.05) is 29.6 Å². The fourth-order valence-corrected chi connectivity index (χ4v) is 4.76. The molecule has 1 amide bonds. The van der Waals surface area contributed by atoms with Crippen molar-refractivity contribution in [1.29, 1.82) is 0 Å². The number of anilines is 1. The molecule has 0 unspecified atom stereocenters. The first kappa shape index (κ1) is 20.5. The summed E-state index contributed by atoms with van der Waals surface area (Å²) < 4.78 is 7.66. The average molecular weight is 445 g/mol. The minimum absolute atomic E-state index is 0.216. The summed E-state index contributed by atoms with van der Waals surface area (Å²) in [6.45, 7) is 3.10. The molecule has 1 N–H and O–H groups in total. The van der Waals surface area contributed by atoms with Crippen molar-refractivity contribution in [3.8, 4) is 5.75 Å². The van der Waals surface area contributed by atoms with E-state index in [9.17, 15) is 4.79 Å². The molecule has 1 aliphatic rings. The van der Waals surface area contributed by atoms with E-state index in [-0.39, 0.29) is 5.91 Å². The van der Waals surface area contributed by atoms with Crippen LogP contribution in [0, 0.1) is 6.92 Å². The Morgan fingerprint density at radius 2 is 2.03 bits per heavy atom. The number of ether oxygens (including phenoxy) is 1. The third-order valence-electron chi connectivity index (χ3n) is 5.54. The highest BCUT2D eigenvalue weighted by molar-refractivity contribution is 7.12. The molecule has 2 aromatic carbocycles. The first-order chi connectivity index (χ1) is 15.6. The molecule has 0 fully saturated rings. The largest absolute Gasteiger partial charge is 0.489 e. The quantitative estimate of drug-likeness (QED) is 0.435. The lowest BCUT2D eigenvalue weighted by Gasteiger charge is -2.07. The number of rotatable bonds is 7. The minimum Gasteiger partial charge on any atom is -0.489 e. The van der Waals surface area contributed by atoms with Crippen LogP contribution in [-0.2, 0) is 26.0 Å². The number of thiophene rings is 1. The van der Waals surface area contributed by atoms with Crippen LogP contribution in [0.2, 0.25) is 0 Å². The van der Waals surface area contributed by atoms with Gasteiger partial charge in [0.15, 0.2) is 0 Å². The number of nitrogens with zero attached hydrogens (tertiary/aromatic N) is 3. The van der Waals surface area contributed by atoms with Gasteiger partial charge in [0.1, 0.15) is 18.7 Å². The van der Waals surface area contributed by atoms with Gasteiger partial charge in [0.25, 0.3) is 5.91 Å². The molecule has 7 heteroatoms. The van der Waals surface area contributed by atoms with E-state index in [0.717, 1.165) is 29.7 Å². The van der Waals surface area contributed by atoms with E-state index in [1.165, 1.54) is 34.4 Å². The van der Waals surface area contributed by atoms with Crippen molar-refractivity contribution in [2.75, 3.05) is 5.32 Å². The van der Waals surface area contributed by atoms with Crippen LogP contribution in [0.25, 0.3) is 0 Å². The van der Waals surface area contributed by atoms with Crippen molar-refractivity contribution in [3.05, 3.63) is 92.9 Å². The van der Waals surface area contributed by atoms with Gasteiger partial charge in [-0.1, -0.05) is 35.9 Å². The van der Waals surface area contributed by atoms with Crippen LogP contribution in [0.4, 0.5) is 5.95 Å². The Labute approximate surface area is 190 Å². The van der Waals surface area contributed by atoms with E-state index in [4.69, 9.17) is 4.74 Å². The van der Waals surface area contributed by atoms with Crippen LogP contribution in [0.3, 0.4) is 0 Å². The second-order valence-corrected chi connectivity index (χ2v) is 9.01. The fourth-order valence-electron chi connectivity index (χ4n) is 3.96. The monoisotopic (exact) mass is 444 g/mol. The Kier molecular flexibility index (Phi) is 5.73. The third-order valence-corrected chi connectivity index (χ3v) is 6.52. The Morgan fingerprint density at radius 3 is 2.94 bits per heavy atom. The standard InChI is InChI=1S/C25H24N4O2S/c1-17-4-2-5-18(10-17)13-29-16-26-25(28-29)27-24(30)23-11-19(15-32-23)14-31-22-9-8-20-6-3-7-21(20)12-22/h2,4-5,8-12,15-16H,3,6-7,13-14H2,1H3,(H,27,28,30). The van der Waals surface area contributed by atoms with Gasteiger partial charge in [0.05, 0.1) is 11.4 Å². The van der Waals surface area contributed by atoms with Gasteiger partial charge >= 0.3 is 0 Å². The first-order valence-electron chi connectivity index (χ1n) is 10.7. The predicted octanol–water partition coefficient (Wildman–Crippen LogP) is 5.02.